The summed E-state index contributed by atoms with van der Waals surface area (Å²) >= 11 is 0. The molecule has 0 spiro atoms. The number of rotatable bonds is 7. The van der Waals surface area contributed by atoms with Gasteiger partial charge >= 0.3 is 0 Å². The molecule has 6 nitrogen and oxygen atoms in total. The number of pyridine rings is 1. The number of nitrogens with one attached hydrogen (secondary N) is 1. The van der Waals surface area contributed by atoms with Crippen LogP contribution in [-0.2, 0) is 16.0 Å². The van der Waals surface area contributed by atoms with Gasteiger partial charge in [-0.3, -0.25) is 9.59 Å². The van der Waals surface area contributed by atoms with Crippen LogP contribution in [0.5, 0.6) is 0 Å². The highest BCUT2D eigenvalue weighted by molar-refractivity contribution is 6.01. The minimum Gasteiger partial charge on any atom is -0.378 e. The van der Waals surface area contributed by atoms with Crippen LogP contribution in [0.4, 0.5) is 11.5 Å². The molecule has 1 fully saturated rings. The molecule has 0 aliphatic carbocycles. The van der Waals surface area contributed by atoms with Crippen molar-refractivity contribution < 1.29 is 14.3 Å². The molecule has 3 aromatic rings. The molecule has 1 aliphatic heterocycles. The van der Waals surface area contributed by atoms with Crippen molar-refractivity contribution in [1.82, 2.24) is 4.98 Å². The van der Waals surface area contributed by atoms with Crippen molar-refractivity contribution in [3.63, 3.8) is 0 Å². The van der Waals surface area contributed by atoms with Gasteiger partial charge in [0.05, 0.1) is 13.2 Å². The first-order valence-electron chi connectivity index (χ1n) is 11.0. The van der Waals surface area contributed by atoms with Crippen molar-refractivity contribution in [3.8, 4) is 0 Å². The normalized spacial score (nSPS) is 13.8. The second-order valence-corrected chi connectivity index (χ2v) is 8.04. The van der Waals surface area contributed by atoms with Gasteiger partial charge in [0.2, 0.25) is 5.91 Å². The number of anilines is 2. The topological polar surface area (TPSA) is 71.5 Å². The number of ketones is 1. The largest absolute Gasteiger partial charge is 0.378 e. The summed E-state index contributed by atoms with van der Waals surface area (Å²) in [4.78, 5) is 31.5. The average Bonchev–Trinajstić information content (AvgIpc) is 2.84. The van der Waals surface area contributed by atoms with E-state index in [1.54, 1.807) is 12.3 Å². The minimum atomic E-state index is -0.261. The van der Waals surface area contributed by atoms with Crippen LogP contribution in [-0.4, -0.2) is 43.0 Å². The Morgan fingerprint density at radius 2 is 1.88 bits per heavy atom. The molecule has 6 heteroatoms. The molecular weight excluding hydrogens is 414 g/mol. The van der Waals surface area contributed by atoms with Crippen LogP contribution in [0.15, 0.2) is 72.9 Å². The van der Waals surface area contributed by atoms with Gasteiger partial charge in [0, 0.05) is 49.1 Å². The predicted molar refractivity (Wildman–Crippen MR) is 131 cm³/mol. The number of nitrogens with zero attached hydrogens (tertiary/aromatic N) is 2. The number of morpholine rings is 1. The van der Waals surface area contributed by atoms with Gasteiger partial charge < -0.3 is 15.0 Å². The van der Waals surface area contributed by atoms with Gasteiger partial charge in [-0.25, -0.2) is 4.98 Å². The molecule has 1 N–H and O–H groups in total. The van der Waals surface area contributed by atoms with Crippen LogP contribution in [0.1, 0.15) is 27.0 Å². The Morgan fingerprint density at radius 3 is 2.70 bits per heavy atom. The first-order valence-corrected chi connectivity index (χ1v) is 11.0. The summed E-state index contributed by atoms with van der Waals surface area (Å²) in [5.41, 5.74) is 4.55. The van der Waals surface area contributed by atoms with Gasteiger partial charge in [-0.1, -0.05) is 48.0 Å². The summed E-state index contributed by atoms with van der Waals surface area (Å²) in [6.45, 7) is 5.01. The maximum atomic E-state index is 12.6. The van der Waals surface area contributed by atoms with Crippen LogP contribution in [0.2, 0.25) is 0 Å². The molecule has 0 saturated carbocycles. The minimum absolute atomic E-state index is 0.0730. The molecule has 2 aromatic carbocycles. The second kappa shape index (κ2) is 10.7. The molecule has 0 radical (unpaired) electrons. The third-order valence-corrected chi connectivity index (χ3v) is 5.45. The van der Waals surface area contributed by atoms with E-state index in [0.29, 0.717) is 31.0 Å². The number of carbonyl (C=O) groups excluding carboxylic acids is 2. The van der Waals surface area contributed by atoms with Gasteiger partial charge in [-0.2, -0.15) is 0 Å². The summed E-state index contributed by atoms with van der Waals surface area (Å²) in [6.07, 6.45) is 5.22. The quantitative estimate of drug-likeness (QED) is 0.437. The molecule has 168 valence electrons. The molecule has 0 bridgehead atoms. The Labute approximate surface area is 193 Å². The van der Waals surface area contributed by atoms with Crippen LogP contribution < -0.4 is 10.2 Å². The van der Waals surface area contributed by atoms with Crippen LogP contribution >= 0.6 is 0 Å². The summed E-state index contributed by atoms with van der Waals surface area (Å²) < 4.78 is 5.39. The number of benzene rings is 2. The maximum Gasteiger partial charge on any atom is 0.249 e. The lowest BCUT2D eigenvalue weighted by Crippen LogP contribution is -2.36. The fraction of sp³-hybridized carbons (Fsp3) is 0.222. The molecular formula is C27H27N3O3. The van der Waals surface area contributed by atoms with E-state index in [-0.39, 0.29) is 11.7 Å². The zero-order valence-electron chi connectivity index (χ0n) is 18.7. The third kappa shape index (κ3) is 6.37. The molecule has 4 rings (SSSR count). The fourth-order valence-corrected chi connectivity index (χ4v) is 3.76. The Kier molecular flexibility index (Phi) is 7.27. The van der Waals surface area contributed by atoms with E-state index in [1.165, 1.54) is 6.08 Å². The van der Waals surface area contributed by atoms with E-state index in [9.17, 15) is 9.59 Å². The number of amides is 1. The molecule has 1 aromatic heterocycles. The highest BCUT2D eigenvalue weighted by atomic mass is 16.5. The predicted octanol–water partition coefficient (Wildman–Crippen LogP) is 4.30. The fourth-order valence-electron chi connectivity index (χ4n) is 3.76. The number of aromatic nitrogens is 1. The van der Waals surface area contributed by atoms with Crippen LogP contribution in [0.3, 0.4) is 0 Å². The van der Waals surface area contributed by atoms with Crippen molar-refractivity contribution in [3.05, 3.63) is 95.2 Å². The lowest BCUT2D eigenvalue weighted by molar-refractivity contribution is -0.111. The number of carbonyl (C=O) groups is 2. The van der Waals surface area contributed by atoms with Gasteiger partial charge in [0.1, 0.15) is 5.82 Å². The van der Waals surface area contributed by atoms with Crippen molar-refractivity contribution in [2.24, 2.45) is 0 Å². The van der Waals surface area contributed by atoms with E-state index >= 15 is 0 Å². The van der Waals surface area contributed by atoms with Crippen molar-refractivity contribution in [2.45, 2.75) is 13.3 Å². The number of ether oxygens (including phenoxy) is 1. The molecule has 2 heterocycles. The van der Waals surface area contributed by atoms with Gasteiger partial charge in [-0.05, 0) is 36.3 Å². The number of hydrogen-bond donors (Lipinski definition) is 1. The first-order chi connectivity index (χ1) is 16.1. The maximum absolute atomic E-state index is 12.6. The Balaban J connectivity index is 1.37. The standard InChI is InChI=1S/C27H27N3O3/c1-20-4-2-7-23(16-20)25(31)18-22-6-3-5-21(17-22)8-9-27(32)29-26-19-24(10-11-28-26)30-12-14-33-15-13-30/h2-11,16-17,19H,12-15,18H2,1H3,(H,28,29,32)/b9-8+. The van der Waals surface area contributed by atoms with E-state index < -0.39 is 0 Å². The lowest BCUT2D eigenvalue weighted by Gasteiger charge is -2.28. The number of Topliss-reactive ketones (excluding diaryl/α,β-unsaturated/α-hetero) is 1. The van der Waals surface area contributed by atoms with Gasteiger partial charge in [0.25, 0.3) is 0 Å². The number of hydrogen-bond acceptors (Lipinski definition) is 5. The average molecular weight is 442 g/mol. The molecule has 0 atom stereocenters. The van der Waals surface area contributed by atoms with Crippen LogP contribution in [0, 0.1) is 6.92 Å². The SMILES string of the molecule is Cc1cccc(C(=O)Cc2cccc(/C=C/C(=O)Nc3cc(N4CCOCC4)ccn3)c2)c1. The smallest absolute Gasteiger partial charge is 0.249 e. The summed E-state index contributed by atoms with van der Waals surface area (Å²) in [6, 6.07) is 19.1. The zero-order valence-corrected chi connectivity index (χ0v) is 18.7. The molecule has 33 heavy (non-hydrogen) atoms. The third-order valence-electron chi connectivity index (χ3n) is 5.45. The van der Waals surface area contributed by atoms with E-state index in [2.05, 4.69) is 15.2 Å². The summed E-state index contributed by atoms with van der Waals surface area (Å²) in [5, 5.41) is 2.82. The second-order valence-electron chi connectivity index (χ2n) is 8.04. The lowest BCUT2D eigenvalue weighted by atomic mass is 10.00. The summed E-state index contributed by atoms with van der Waals surface area (Å²) in [7, 11) is 0. The monoisotopic (exact) mass is 441 g/mol. The Morgan fingerprint density at radius 1 is 1.06 bits per heavy atom. The van der Waals surface area contributed by atoms with E-state index in [1.807, 2.05) is 67.6 Å². The van der Waals surface area contributed by atoms with Crippen molar-refractivity contribution in [2.75, 3.05) is 36.5 Å². The van der Waals surface area contributed by atoms with E-state index in [4.69, 9.17) is 4.74 Å². The van der Waals surface area contributed by atoms with Crippen molar-refractivity contribution >= 4 is 29.3 Å². The molecule has 1 aliphatic rings. The first kappa shape index (κ1) is 22.4. The summed E-state index contributed by atoms with van der Waals surface area (Å²) in [5.74, 6) is 0.317. The van der Waals surface area contributed by atoms with Crippen LogP contribution in [0.25, 0.3) is 6.08 Å². The molecule has 1 amide bonds. The Bertz CT molecular complexity index is 1170. The zero-order chi connectivity index (χ0) is 23.0. The number of aryl methyl sites for hydroxylation is 1. The molecule has 0 unspecified atom stereocenters. The van der Waals surface area contributed by atoms with E-state index in [0.717, 1.165) is 35.5 Å². The Hall–Kier alpha value is -3.77. The van der Waals surface area contributed by atoms with Crippen molar-refractivity contribution in [1.29, 1.82) is 0 Å². The van der Waals surface area contributed by atoms with Gasteiger partial charge in [-0.15, -0.1) is 0 Å². The van der Waals surface area contributed by atoms with Gasteiger partial charge in [0.15, 0.2) is 5.78 Å². The molecule has 1 saturated heterocycles. The highest BCUT2D eigenvalue weighted by Crippen LogP contribution is 2.18. The highest BCUT2D eigenvalue weighted by Gasteiger charge is 2.12.